The Morgan fingerprint density at radius 2 is 2.00 bits per heavy atom. The van der Waals surface area contributed by atoms with E-state index in [0.29, 0.717) is 30.2 Å². The van der Waals surface area contributed by atoms with Crippen molar-refractivity contribution in [2.24, 2.45) is 10.4 Å². The van der Waals surface area contributed by atoms with Crippen LogP contribution in [0.3, 0.4) is 0 Å². The molecular weight excluding hydrogens is 364 g/mol. The van der Waals surface area contributed by atoms with Crippen molar-refractivity contribution >= 4 is 5.96 Å². The maximum atomic E-state index is 5.90. The van der Waals surface area contributed by atoms with Gasteiger partial charge in [-0.25, -0.2) is 4.98 Å². The van der Waals surface area contributed by atoms with Gasteiger partial charge in [-0.3, -0.25) is 4.99 Å². The molecule has 0 atom stereocenters. The summed E-state index contributed by atoms with van der Waals surface area (Å²) in [6.45, 7) is 5.48. The van der Waals surface area contributed by atoms with Crippen molar-refractivity contribution in [2.45, 2.75) is 39.2 Å². The van der Waals surface area contributed by atoms with Gasteiger partial charge in [0.15, 0.2) is 17.5 Å². The molecule has 1 aromatic carbocycles. The van der Waals surface area contributed by atoms with Gasteiger partial charge in [-0.1, -0.05) is 24.6 Å². The summed E-state index contributed by atoms with van der Waals surface area (Å²) in [7, 11) is 1.86. The second-order valence-electron chi connectivity index (χ2n) is 7.91. The molecule has 0 amide bonds. The predicted octanol–water partition coefficient (Wildman–Crippen LogP) is 4.22. The van der Waals surface area contributed by atoms with Gasteiger partial charge in [-0.15, -0.1) is 0 Å². The first-order chi connectivity index (χ1) is 14.2. The zero-order valence-corrected chi connectivity index (χ0v) is 17.4. The Labute approximate surface area is 173 Å². The van der Waals surface area contributed by atoms with Gasteiger partial charge >= 0.3 is 0 Å². The van der Waals surface area contributed by atoms with Crippen molar-refractivity contribution < 1.29 is 9.47 Å². The molecule has 6 heteroatoms. The zero-order chi connectivity index (χ0) is 20.1. The molecule has 2 fully saturated rings. The Morgan fingerprint density at radius 1 is 1.17 bits per heavy atom. The summed E-state index contributed by atoms with van der Waals surface area (Å²) in [5.74, 6) is 2.93. The quantitative estimate of drug-likeness (QED) is 0.587. The van der Waals surface area contributed by atoms with Gasteiger partial charge in [0.05, 0.1) is 6.61 Å². The minimum absolute atomic E-state index is 0.553. The highest BCUT2D eigenvalue weighted by Gasteiger charge is 2.43. The number of hydrogen-bond acceptors (Lipinski definition) is 4. The highest BCUT2D eigenvalue weighted by Crippen LogP contribution is 2.47. The van der Waals surface area contributed by atoms with Crippen molar-refractivity contribution in [1.82, 2.24) is 15.2 Å². The second kappa shape index (κ2) is 8.72. The molecule has 2 aromatic rings. The SMILES string of the molecule is CCOc1ccccc1Oc1ccc(CNC(=NC)N2CCC3(CCC3)C2)cn1. The molecule has 2 heterocycles. The van der Waals surface area contributed by atoms with E-state index in [1.54, 1.807) is 0 Å². The average Bonchev–Trinajstić information content (AvgIpc) is 3.18. The summed E-state index contributed by atoms with van der Waals surface area (Å²) >= 11 is 0. The van der Waals surface area contributed by atoms with Crippen LogP contribution in [-0.2, 0) is 6.54 Å². The standard InChI is InChI=1S/C23H30N4O2/c1-3-28-19-7-4-5-8-20(19)29-21-10-9-18(15-25-21)16-26-22(24-2)27-14-13-23(17-27)11-6-12-23/h4-5,7-10,15H,3,6,11-14,16-17H2,1-2H3,(H,24,26). The van der Waals surface area contributed by atoms with E-state index < -0.39 is 0 Å². The molecule has 1 aliphatic carbocycles. The lowest BCUT2D eigenvalue weighted by molar-refractivity contribution is 0.151. The molecule has 1 aromatic heterocycles. The van der Waals surface area contributed by atoms with E-state index in [1.807, 2.05) is 56.6 Å². The van der Waals surface area contributed by atoms with E-state index in [0.717, 1.165) is 30.4 Å². The smallest absolute Gasteiger partial charge is 0.219 e. The van der Waals surface area contributed by atoms with Gasteiger partial charge in [0, 0.05) is 38.9 Å². The number of ether oxygens (including phenoxy) is 2. The third-order valence-corrected chi connectivity index (χ3v) is 5.98. The fourth-order valence-electron chi connectivity index (χ4n) is 4.21. The van der Waals surface area contributed by atoms with Crippen LogP contribution >= 0.6 is 0 Å². The van der Waals surface area contributed by atoms with Crippen LogP contribution in [0.15, 0.2) is 47.6 Å². The highest BCUT2D eigenvalue weighted by molar-refractivity contribution is 5.80. The maximum absolute atomic E-state index is 5.90. The predicted molar refractivity (Wildman–Crippen MR) is 115 cm³/mol. The molecule has 29 heavy (non-hydrogen) atoms. The number of pyridine rings is 1. The maximum Gasteiger partial charge on any atom is 0.219 e. The number of nitrogens with zero attached hydrogens (tertiary/aromatic N) is 3. The first-order valence-electron chi connectivity index (χ1n) is 10.5. The Kier molecular flexibility index (Phi) is 5.88. The van der Waals surface area contributed by atoms with Crippen LogP contribution in [0.5, 0.6) is 17.4 Å². The second-order valence-corrected chi connectivity index (χ2v) is 7.91. The van der Waals surface area contributed by atoms with Crippen molar-refractivity contribution in [1.29, 1.82) is 0 Å². The third-order valence-electron chi connectivity index (χ3n) is 5.98. The summed E-state index contributed by atoms with van der Waals surface area (Å²) in [6, 6.07) is 11.6. The number of guanidine groups is 1. The zero-order valence-electron chi connectivity index (χ0n) is 17.4. The number of aliphatic imine (C=N–C) groups is 1. The molecule has 4 rings (SSSR count). The number of rotatable bonds is 6. The lowest BCUT2D eigenvalue weighted by Crippen LogP contribution is -2.42. The molecule has 1 saturated carbocycles. The number of nitrogens with one attached hydrogen (secondary N) is 1. The normalized spacial score (nSPS) is 17.9. The van der Waals surface area contributed by atoms with Crippen LogP contribution in [0.25, 0.3) is 0 Å². The molecule has 0 bridgehead atoms. The summed E-state index contributed by atoms with van der Waals surface area (Å²) in [6.07, 6.45) is 7.27. The number of benzene rings is 1. The Hall–Kier alpha value is -2.76. The first kappa shape index (κ1) is 19.6. The summed E-state index contributed by atoms with van der Waals surface area (Å²) in [4.78, 5) is 11.3. The molecule has 1 aliphatic heterocycles. The van der Waals surface area contributed by atoms with E-state index >= 15 is 0 Å². The van der Waals surface area contributed by atoms with E-state index in [-0.39, 0.29) is 0 Å². The van der Waals surface area contributed by atoms with Gasteiger partial charge in [-0.2, -0.15) is 0 Å². The monoisotopic (exact) mass is 394 g/mol. The van der Waals surface area contributed by atoms with Crippen molar-refractivity contribution in [3.8, 4) is 17.4 Å². The number of hydrogen-bond donors (Lipinski definition) is 1. The largest absolute Gasteiger partial charge is 0.490 e. The Bertz CT molecular complexity index is 846. The van der Waals surface area contributed by atoms with E-state index in [1.165, 1.54) is 25.7 Å². The van der Waals surface area contributed by atoms with E-state index in [2.05, 4.69) is 20.2 Å². The van der Waals surface area contributed by atoms with Crippen LogP contribution in [0, 0.1) is 5.41 Å². The van der Waals surface area contributed by atoms with E-state index in [9.17, 15) is 0 Å². The van der Waals surface area contributed by atoms with Crippen molar-refractivity contribution in [3.05, 3.63) is 48.2 Å². The highest BCUT2D eigenvalue weighted by atomic mass is 16.5. The molecule has 154 valence electrons. The number of likely N-dealkylation sites (tertiary alicyclic amines) is 1. The summed E-state index contributed by atoms with van der Waals surface area (Å²) < 4.78 is 11.5. The van der Waals surface area contributed by atoms with Gasteiger partial charge in [0.1, 0.15) is 0 Å². The lowest BCUT2D eigenvalue weighted by Gasteiger charge is -2.38. The fourth-order valence-corrected chi connectivity index (χ4v) is 4.21. The fraction of sp³-hybridized carbons (Fsp3) is 0.478. The summed E-state index contributed by atoms with van der Waals surface area (Å²) in [5.41, 5.74) is 1.66. The number of aromatic nitrogens is 1. The van der Waals surface area contributed by atoms with Gasteiger partial charge in [0.2, 0.25) is 5.88 Å². The van der Waals surface area contributed by atoms with Crippen LogP contribution in [-0.4, -0.2) is 42.6 Å². The van der Waals surface area contributed by atoms with E-state index in [4.69, 9.17) is 9.47 Å². The molecule has 2 aliphatic rings. The minimum atomic E-state index is 0.553. The van der Waals surface area contributed by atoms with Crippen LogP contribution in [0.1, 0.15) is 38.2 Å². The minimum Gasteiger partial charge on any atom is -0.490 e. The average molecular weight is 395 g/mol. The summed E-state index contributed by atoms with van der Waals surface area (Å²) in [5, 5.41) is 3.48. The molecular formula is C23H30N4O2. The van der Waals surface area contributed by atoms with Gasteiger partial charge < -0.3 is 19.7 Å². The van der Waals surface area contributed by atoms with Crippen LogP contribution in [0.2, 0.25) is 0 Å². The Morgan fingerprint density at radius 3 is 2.62 bits per heavy atom. The Balaban J connectivity index is 1.32. The molecule has 1 spiro atoms. The lowest BCUT2D eigenvalue weighted by atomic mass is 9.68. The van der Waals surface area contributed by atoms with Gasteiger partial charge in [-0.05, 0) is 49.3 Å². The molecule has 6 nitrogen and oxygen atoms in total. The van der Waals surface area contributed by atoms with Crippen LogP contribution in [0.4, 0.5) is 0 Å². The molecule has 1 saturated heterocycles. The third kappa shape index (κ3) is 4.47. The first-order valence-corrected chi connectivity index (χ1v) is 10.5. The van der Waals surface area contributed by atoms with Crippen molar-refractivity contribution in [3.63, 3.8) is 0 Å². The van der Waals surface area contributed by atoms with Crippen molar-refractivity contribution in [2.75, 3.05) is 26.7 Å². The van der Waals surface area contributed by atoms with Gasteiger partial charge in [0.25, 0.3) is 0 Å². The molecule has 0 radical (unpaired) electrons. The molecule has 1 N–H and O–H groups in total. The molecule has 0 unspecified atom stereocenters. The topological polar surface area (TPSA) is 59.0 Å². The number of para-hydroxylation sites is 2. The van der Waals surface area contributed by atoms with Crippen LogP contribution < -0.4 is 14.8 Å².